The summed E-state index contributed by atoms with van der Waals surface area (Å²) < 4.78 is 27.3. The summed E-state index contributed by atoms with van der Waals surface area (Å²) in [4.78, 5) is 0. The maximum Gasteiger partial charge on any atom is 0.199 e. The summed E-state index contributed by atoms with van der Waals surface area (Å²) in [6, 6.07) is 43.9. The van der Waals surface area contributed by atoms with Crippen LogP contribution in [0.5, 0.6) is 28.7 Å². The van der Waals surface area contributed by atoms with E-state index in [4.69, 9.17) is 18.9 Å². The van der Waals surface area contributed by atoms with E-state index in [0.717, 1.165) is 91.2 Å². The minimum absolute atomic E-state index is 0.160. The van der Waals surface area contributed by atoms with Gasteiger partial charge < -0.3 is 29.2 Å². The van der Waals surface area contributed by atoms with Gasteiger partial charge in [-0.3, -0.25) is 0 Å². The second-order valence-electron chi connectivity index (χ2n) is 14.8. The first-order valence-electron chi connectivity index (χ1n) is 19.5. The third-order valence-corrected chi connectivity index (χ3v) is 12.2. The summed E-state index contributed by atoms with van der Waals surface area (Å²) in [6.45, 7) is 7.12. The first-order valence-corrected chi connectivity index (χ1v) is 21.7. The number of ether oxygens (including phenoxy) is 4. The van der Waals surface area contributed by atoms with Crippen LogP contribution in [0.1, 0.15) is 84.3 Å². The molecule has 0 radical (unpaired) electrons. The molecule has 294 valence electrons. The van der Waals surface area contributed by atoms with Crippen molar-refractivity contribution >= 4 is 67.5 Å². The number of phenols is 2. The lowest BCUT2D eigenvalue weighted by Gasteiger charge is -2.31. The minimum atomic E-state index is -0.286. The Morgan fingerprint density at radius 2 is 1.12 bits per heavy atom. The van der Waals surface area contributed by atoms with Crippen molar-refractivity contribution in [3.05, 3.63) is 180 Å². The third-order valence-electron chi connectivity index (χ3n) is 10.8. The molecule has 6 aromatic rings. The van der Waals surface area contributed by atoms with E-state index in [-0.39, 0.29) is 30.0 Å². The zero-order valence-corrected chi connectivity index (χ0v) is 36.9. The molecule has 3 heterocycles. The number of fused-ring (bicyclic) bond motifs is 2. The zero-order chi connectivity index (χ0) is 40.3. The molecule has 0 aromatic heterocycles. The number of hydrogen-bond acceptors (Lipinski definition) is 6. The van der Waals surface area contributed by atoms with Gasteiger partial charge in [0, 0.05) is 35.8 Å². The van der Waals surface area contributed by atoms with Crippen molar-refractivity contribution in [1.82, 2.24) is 0 Å². The fraction of sp³-hybridized carbons (Fsp3) is 0.200. The van der Waals surface area contributed by atoms with Crippen molar-refractivity contribution in [3.63, 3.8) is 0 Å². The van der Waals surface area contributed by atoms with Crippen LogP contribution in [0.15, 0.2) is 133 Å². The largest absolute Gasteiger partial charge is 0.508 e. The number of rotatable bonds is 6. The smallest absolute Gasteiger partial charge is 0.199 e. The van der Waals surface area contributed by atoms with Gasteiger partial charge in [0.25, 0.3) is 0 Å². The molecule has 1 saturated heterocycles. The van der Waals surface area contributed by atoms with Gasteiger partial charge in [-0.25, -0.2) is 0 Å². The van der Waals surface area contributed by atoms with E-state index < -0.39 is 0 Å². The summed E-state index contributed by atoms with van der Waals surface area (Å²) >= 11 is 4.62. The third kappa shape index (κ3) is 8.79. The second-order valence-corrected chi connectivity index (χ2v) is 17.3. The molecule has 3 unspecified atom stereocenters. The van der Waals surface area contributed by atoms with Crippen molar-refractivity contribution in [2.75, 3.05) is 6.61 Å². The lowest BCUT2D eigenvalue weighted by atomic mass is 9.86. The average Bonchev–Trinajstić information content (AvgIpc) is 3.22. The number of aromatic hydroxyl groups is 2. The van der Waals surface area contributed by atoms with Crippen LogP contribution in [0.3, 0.4) is 0 Å². The second kappa shape index (κ2) is 17.6. The fourth-order valence-corrected chi connectivity index (χ4v) is 8.57. The molecular formula is C50H44I2O6. The van der Waals surface area contributed by atoms with Crippen molar-refractivity contribution < 1.29 is 29.2 Å². The number of benzene rings is 6. The highest BCUT2D eigenvalue weighted by Gasteiger charge is 2.31. The van der Waals surface area contributed by atoms with Crippen molar-refractivity contribution in [2.24, 2.45) is 0 Å². The number of hydrogen-bond donors (Lipinski definition) is 2. The molecule has 6 nitrogen and oxygen atoms in total. The molecule has 2 N–H and O–H groups in total. The normalized spacial score (nSPS) is 18.5. The Hall–Kier alpha value is -4.78. The maximum absolute atomic E-state index is 9.96. The van der Waals surface area contributed by atoms with Gasteiger partial charge >= 0.3 is 0 Å². The fourth-order valence-electron chi connectivity index (χ4n) is 7.86. The molecule has 3 aliphatic heterocycles. The summed E-state index contributed by atoms with van der Waals surface area (Å²) in [7, 11) is 0. The zero-order valence-electron chi connectivity index (χ0n) is 32.5. The van der Waals surface area contributed by atoms with E-state index >= 15 is 0 Å². The molecule has 0 bridgehead atoms. The van der Waals surface area contributed by atoms with Crippen molar-refractivity contribution in [3.8, 4) is 28.7 Å². The lowest BCUT2D eigenvalue weighted by Crippen LogP contribution is -2.25. The molecule has 3 aliphatic rings. The highest BCUT2D eigenvalue weighted by molar-refractivity contribution is 14.1. The summed E-state index contributed by atoms with van der Waals surface area (Å²) in [5.41, 5.74) is 11.9. The Kier molecular flexibility index (Phi) is 12.1. The van der Waals surface area contributed by atoms with Crippen molar-refractivity contribution in [1.29, 1.82) is 0 Å². The van der Waals surface area contributed by atoms with Crippen LogP contribution >= 0.6 is 45.2 Å². The SMILES string of the molecule is CC1=C(c2cccc(O)c2)C(c2ccc(I)cc2)Oc2ccc(O)cc21.CC1=C(c2cccc(OC3CCCCO3)c2)C(c2ccc(I)cc2)Oc2ccc(C)cc21. The number of halogens is 2. The van der Waals surface area contributed by atoms with Crippen LogP contribution in [-0.2, 0) is 4.74 Å². The van der Waals surface area contributed by atoms with E-state index in [0.29, 0.717) is 0 Å². The highest BCUT2D eigenvalue weighted by atomic mass is 127. The number of aryl methyl sites for hydroxylation is 1. The summed E-state index contributed by atoms with van der Waals surface area (Å²) in [6.07, 6.45) is 2.57. The molecule has 0 amide bonds. The van der Waals surface area contributed by atoms with Gasteiger partial charge in [0.1, 0.15) is 41.0 Å². The van der Waals surface area contributed by atoms with Gasteiger partial charge in [-0.2, -0.15) is 0 Å². The Balaban J connectivity index is 0.000000165. The van der Waals surface area contributed by atoms with Crippen molar-refractivity contribution in [2.45, 2.75) is 58.5 Å². The van der Waals surface area contributed by atoms with Gasteiger partial charge in [0.05, 0.1) is 6.61 Å². The molecule has 8 heteroatoms. The Morgan fingerprint density at radius 1 is 0.569 bits per heavy atom. The monoisotopic (exact) mass is 994 g/mol. The van der Waals surface area contributed by atoms with E-state index in [9.17, 15) is 10.2 Å². The Labute approximate surface area is 367 Å². The van der Waals surface area contributed by atoms with Gasteiger partial charge in [0.2, 0.25) is 0 Å². The number of phenolic OH excluding ortho intramolecular Hbond substituents is 2. The topological polar surface area (TPSA) is 77.4 Å². The predicted molar refractivity (Wildman–Crippen MR) is 248 cm³/mol. The minimum Gasteiger partial charge on any atom is -0.508 e. The van der Waals surface area contributed by atoms with Gasteiger partial charge in [-0.1, -0.05) is 60.2 Å². The van der Waals surface area contributed by atoms with Crippen LogP contribution in [0.2, 0.25) is 0 Å². The molecule has 6 aromatic carbocycles. The quantitative estimate of drug-likeness (QED) is 0.162. The lowest BCUT2D eigenvalue weighted by molar-refractivity contribution is -0.105. The molecule has 58 heavy (non-hydrogen) atoms. The summed E-state index contributed by atoms with van der Waals surface area (Å²) in [5.74, 6) is 2.93. The van der Waals surface area contributed by atoms with Gasteiger partial charge in [-0.15, -0.1) is 0 Å². The molecule has 0 aliphatic carbocycles. The van der Waals surface area contributed by atoms with Crippen LogP contribution in [0.25, 0.3) is 22.3 Å². The summed E-state index contributed by atoms with van der Waals surface area (Å²) in [5, 5.41) is 19.9. The average molecular weight is 995 g/mol. The number of allylic oxidation sites excluding steroid dienone is 2. The maximum atomic E-state index is 9.96. The first kappa shape index (κ1) is 40.0. The molecule has 1 fully saturated rings. The van der Waals surface area contributed by atoms with E-state index in [1.807, 2.05) is 25.1 Å². The molecular weight excluding hydrogens is 950 g/mol. The van der Waals surface area contributed by atoms with Crippen LogP contribution < -0.4 is 14.2 Å². The molecule has 0 saturated carbocycles. The van der Waals surface area contributed by atoms with E-state index in [2.05, 4.69) is 144 Å². The van der Waals surface area contributed by atoms with Gasteiger partial charge in [-0.05, 0) is 191 Å². The standard InChI is InChI=1S/C28H27IO3.C22H17IO3/c1-18-9-14-25-24(16-18)19(2)27(28(32-25)20-10-12-22(29)13-11-20)21-6-5-7-23(17-21)31-26-8-3-4-15-30-26;1-13-19-12-18(25)9-10-20(19)26-22(14-5-7-16(23)8-6-14)21(13)15-3-2-4-17(24)11-15/h5-7,9-14,16-17,26,28H,3-4,8,15H2,1-2H3;2-12,22,24-25H,1H3. The Bertz CT molecular complexity index is 2500. The van der Waals surface area contributed by atoms with Gasteiger partial charge in [0.15, 0.2) is 6.29 Å². The molecule has 3 atom stereocenters. The molecule has 0 spiro atoms. The molecule has 9 rings (SSSR count). The predicted octanol–water partition coefficient (Wildman–Crippen LogP) is 13.3. The van der Waals surface area contributed by atoms with Crippen LogP contribution in [0, 0.1) is 14.1 Å². The highest BCUT2D eigenvalue weighted by Crippen LogP contribution is 2.49. The Morgan fingerprint density at radius 3 is 1.71 bits per heavy atom. The first-order chi connectivity index (χ1) is 28.1. The van der Waals surface area contributed by atoms with Crippen LogP contribution in [-0.4, -0.2) is 23.1 Å². The van der Waals surface area contributed by atoms with E-state index in [1.54, 1.807) is 30.3 Å². The van der Waals surface area contributed by atoms with E-state index in [1.165, 1.54) is 20.3 Å². The van der Waals surface area contributed by atoms with Crippen LogP contribution in [0.4, 0.5) is 0 Å².